The number of rotatable bonds is 7. The van der Waals surface area contributed by atoms with Gasteiger partial charge < -0.3 is 5.32 Å². The van der Waals surface area contributed by atoms with Gasteiger partial charge in [-0.25, -0.2) is 0 Å². The fourth-order valence-corrected chi connectivity index (χ4v) is 2.95. The van der Waals surface area contributed by atoms with Crippen LogP contribution in [-0.4, -0.2) is 29.8 Å². The average Bonchev–Trinajstić information content (AvgIpc) is 2.89. The van der Waals surface area contributed by atoms with Crippen LogP contribution in [0.5, 0.6) is 0 Å². The molecule has 1 aliphatic rings. The van der Waals surface area contributed by atoms with Crippen molar-refractivity contribution < 1.29 is 9.59 Å². The maximum absolute atomic E-state index is 12.2. The topological polar surface area (TPSA) is 73.2 Å². The minimum absolute atomic E-state index is 0.193. The fourth-order valence-electron chi connectivity index (χ4n) is 2.95. The highest BCUT2D eigenvalue weighted by atomic mass is 16.2. The standard InChI is InChI=1S/C20H19N3O2/c21-13-15-6-5-7-16(12-15)14-22-10-3-4-11-23-19(24)17-8-1-2-9-18(17)20(23)25/h1-2,5-9,12,22H,3-4,10-11,14H2. The van der Waals surface area contributed by atoms with Crippen molar-refractivity contribution in [2.24, 2.45) is 0 Å². The number of hydrogen-bond acceptors (Lipinski definition) is 4. The molecule has 5 heteroatoms. The molecule has 5 nitrogen and oxygen atoms in total. The molecule has 0 unspecified atom stereocenters. The van der Waals surface area contributed by atoms with Gasteiger partial charge in [-0.15, -0.1) is 0 Å². The van der Waals surface area contributed by atoms with E-state index in [2.05, 4.69) is 11.4 Å². The van der Waals surface area contributed by atoms with E-state index in [0.29, 0.717) is 29.8 Å². The molecule has 0 bridgehead atoms. The number of benzene rings is 2. The van der Waals surface area contributed by atoms with Crippen molar-refractivity contribution in [1.29, 1.82) is 5.26 Å². The van der Waals surface area contributed by atoms with Crippen LogP contribution in [0.2, 0.25) is 0 Å². The van der Waals surface area contributed by atoms with Gasteiger partial charge in [-0.3, -0.25) is 14.5 Å². The lowest BCUT2D eigenvalue weighted by molar-refractivity contribution is 0.0651. The predicted octanol–water partition coefficient (Wildman–Crippen LogP) is 2.72. The third kappa shape index (κ3) is 3.76. The highest BCUT2D eigenvalue weighted by molar-refractivity contribution is 6.21. The van der Waals surface area contributed by atoms with Gasteiger partial charge >= 0.3 is 0 Å². The van der Waals surface area contributed by atoms with E-state index in [9.17, 15) is 9.59 Å². The Morgan fingerprint density at radius 3 is 2.36 bits per heavy atom. The number of imide groups is 1. The number of nitrogens with one attached hydrogen (secondary N) is 1. The van der Waals surface area contributed by atoms with Crippen LogP contribution in [-0.2, 0) is 6.54 Å². The highest BCUT2D eigenvalue weighted by Crippen LogP contribution is 2.22. The predicted molar refractivity (Wildman–Crippen MR) is 93.9 cm³/mol. The van der Waals surface area contributed by atoms with E-state index in [4.69, 9.17) is 5.26 Å². The lowest BCUT2D eigenvalue weighted by Crippen LogP contribution is -2.31. The molecule has 1 heterocycles. The molecule has 0 aromatic heterocycles. The maximum Gasteiger partial charge on any atom is 0.261 e. The smallest absolute Gasteiger partial charge is 0.261 e. The zero-order valence-electron chi connectivity index (χ0n) is 13.9. The van der Waals surface area contributed by atoms with Gasteiger partial charge in [0.1, 0.15) is 0 Å². The molecule has 0 saturated carbocycles. The molecule has 0 fully saturated rings. The monoisotopic (exact) mass is 333 g/mol. The maximum atomic E-state index is 12.2. The third-order valence-electron chi connectivity index (χ3n) is 4.25. The number of fused-ring (bicyclic) bond motifs is 1. The summed E-state index contributed by atoms with van der Waals surface area (Å²) in [5.41, 5.74) is 2.73. The van der Waals surface area contributed by atoms with E-state index < -0.39 is 0 Å². The number of nitriles is 1. The summed E-state index contributed by atoms with van der Waals surface area (Å²) < 4.78 is 0. The largest absolute Gasteiger partial charge is 0.313 e. The molecular weight excluding hydrogens is 314 g/mol. The van der Waals surface area contributed by atoms with Crippen LogP contribution >= 0.6 is 0 Å². The molecule has 25 heavy (non-hydrogen) atoms. The Balaban J connectivity index is 1.40. The van der Waals surface area contributed by atoms with Gasteiger partial charge in [-0.05, 0) is 49.2 Å². The molecule has 0 saturated heterocycles. The number of carbonyl (C=O) groups is 2. The van der Waals surface area contributed by atoms with E-state index in [1.807, 2.05) is 18.2 Å². The molecule has 0 aliphatic carbocycles. The van der Waals surface area contributed by atoms with Gasteiger partial charge in [-0.2, -0.15) is 5.26 Å². The van der Waals surface area contributed by atoms with Crippen molar-refractivity contribution >= 4 is 11.8 Å². The van der Waals surface area contributed by atoms with Gasteiger partial charge in [0.05, 0.1) is 22.8 Å². The van der Waals surface area contributed by atoms with Crippen LogP contribution in [0.15, 0.2) is 48.5 Å². The summed E-state index contributed by atoms with van der Waals surface area (Å²) in [4.78, 5) is 25.8. The Hall–Kier alpha value is -2.97. The van der Waals surface area contributed by atoms with Crippen molar-refractivity contribution in [3.63, 3.8) is 0 Å². The van der Waals surface area contributed by atoms with E-state index in [1.165, 1.54) is 4.90 Å². The van der Waals surface area contributed by atoms with Gasteiger partial charge in [0.2, 0.25) is 0 Å². The van der Waals surface area contributed by atoms with Crippen LogP contribution in [0, 0.1) is 11.3 Å². The lowest BCUT2D eigenvalue weighted by atomic mass is 10.1. The van der Waals surface area contributed by atoms with E-state index in [0.717, 1.165) is 24.9 Å². The van der Waals surface area contributed by atoms with Crippen LogP contribution < -0.4 is 5.32 Å². The second kappa shape index (κ2) is 7.73. The molecule has 2 aromatic carbocycles. The van der Waals surface area contributed by atoms with Gasteiger partial charge in [0.25, 0.3) is 11.8 Å². The molecule has 2 amide bonds. The summed E-state index contributed by atoms with van der Waals surface area (Å²) >= 11 is 0. The Kier molecular flexibility index (Phi) is 5.22. The molecule has 0 radical (unpaired) electrons. The molecule has 1 aliphatic heterocycles. The van der Waals surface area contributed by atoms with E-state index in [-0.39, 0.29) is 11.8 Å². The van der Waals surface area contributed by atoms with Crippen LogP contribution in [0.3, 0.4) is 0 Å². The van der Waals surface area contributed by atoms with Crippen molar-refractivity contribution in [2.45, 2.75) is 19.4 Å². The Morgan fingerprint density at radius 2 is 1.68 bits per heavy atom. The van der Waals surface area contributed by atoms with Crippen LogP contribution in [0.25, 0.3) is 0 Å². The first-order chi connectivity index (χ1) is 12.2. The molecule has 2 aromatic rings. The van der Waals surface area contributed by atoms with Gasteiger partial charge in [-0.1, -0.05) is 24.3 Å². The SMILES string of the molecule is N#Cc1cccc(CNCCCCN2C(=O)c3ccccc3C2=O)c1. The summed E-state index contributed by atoms with van der Waals surface area (Å²) in [5.74, 6) is -0.385. The van der Waals surface area contributed by atoms with Crippen molar-refractivity contribution in [3.8, 4) is 6.07 Å². The van der Waals surface area contributed by atoms with E-state index >= 15 is 0 Å². The Labute approximate surface area is 146 Å². The number of hydrogen-bond donors (Lipinski definition) is 1. The van der Waals surface area contributed by atoms with Gasteiger partial charge in [0.15, 0.2) is 0 Å². The second-order valence-corrected chi connectivity index (χ2v) is 6.00. The summed E-state index contributed by atoms with van der Waals surface area (Å²) in [6.07, 6.45) is 1.63. The Morgan fingerprint density at radius 1 is 0.960 bits per heavy atom. The molecule has 3 rings (SSSR count). The summed E-state index contributed by atoms with van der Waals surface area (Å²) in [5, 5.41) is 12.2. The first-order valence-electron chi connectivity index (χ1n) is 8.35. The molecule has 0 spiro atoms. The lowest BCUT2D eigenvalue weighted by Gasteiger charge is -2.13. The summed E-state index contributed by atoms with van der Waals surface area (Å²) in [7, 11) is 0. The molecule has 0 atom stereocenters. The van der Waals surface area contributed by atoms with Crippen molar-refractivity contribution in [2.75, 3.05) is 13.1 Å². The summed E-state index contributed by atoms with van der Waals surface area (Å²) in [6.45, 7) is 1.93. The first kappa shape index (κ1) is 16.9. The highest BCUT2D eigenvalue weighted by Gasteiger charge is 2.34. The Bertz CT molecular complexity index is 804. The normalized spacial score (nSPS) is 13.0. The zero-order chi connectivity index (χ0) is 17.6. The fraction of sp³-hybridized carbons (Fsp3) is 0.250. The van der Waals surface area contributed by atoms with Crippen molar-refractivity contribution in [3.05, 3.63) is 70.8 Å². The second-order valence-electron chi connectivity index (χ2n) is 6.00. The quantitative estimate of drug-likeness (QED) is 0.624. The molecular formula is C20H19N3O2. The third-order valence-corrected chi connectivity index (χ3v) is 4.25. The first-order valence-corrected chi connectivity index (χ1v) is 8.35. The van der Waals surface area contributed by atoms with E-state index in [1.54, 1.807) is 30.3 Å². The zero-order valence-corrected chi connectivity index (χ0v) is 13.9. The molecule has 126 valence electrons. The molecule has 1 N–H and O–H groups in total. The minimum atomic E-state index is -0.193. The minimum Gasteiger partial charge on any atom is -0.313 e. The van der Waals surface area contributed by atoms with Crippen LogP contribution in [0.4, 0.5) is 0 Å². The van der Waals surface area contributed by atoms with Gasteiger partial charge in [0, 0.05) is 13.1 Å². The number of carbonyl (C=O) groups excluding carboxylic acids is 2. The average molecular weight is 333 g/mol. The number of unbranched alkanes of at least 4 members (excludes halogenated alkanes) is 1. The van der Waals surface area contributed by atoms with Crippen molar-refractivity contribution in [1.82, 2.24) is 10.2 Å². The van der Waals surface area contributed by atoms with Crippen LogP contribution in [0.1, 0.15) is 44.7 Å². The number of amides is 2. The number of nitrogens with zero attached hydrogens (tertiary/aromatic N) is 2. The summed E-state index contributed by atoms with van der Waals surface area (Å²) in [6, 6.07) is 16.6.